The van der Waals surface area contributed by atoms with Crippen LogP contribution in [0, 0.1) is 0 Å². The van der Waals surface area contributed by atoms with Crippen molar-refractivity contribution in [3.05, 3.63) is 51.2 Å². The van der Waals surface area contributed by atoms with Crippen LogP contribution in [-0.4, -0.2) is 38.2 Å². The molecule has 8 nitrogen and oxygen atoms in total. The average Bonchev–Trinajstić information content (AvgIpc) is 2.96. The predicted octanol–water partition coefficient (Wildman–Crippen LogP) is 1.92. The van der Waals surface area contributed by atoms with Crippen LogP contribution in [0.2, 0.25) is 0 Å². The minimum atomic E-state index is -0.516. The number of rotatable bonds is 4. The number of benzene rings is 1. The molecule has 1 atom stereocenters. The van der Waals surface area contributed by atoms with E-state index in [1.165, 1.54) is 40.3 Å². The van der Waals surface area contributed by atoms with Crippen molar-refractivity contribution in [2.75, 3.05) is 21.3 Å². The Morgan fingerprint density at radius 2 is 1.90 bits per heavy atom. The Morgan fingerprint density at radius 1 is 1.17 bits per heavy atom. The van der Waals surface area contributed by atoms with Crippen LogP contribution in [0.15, 0.2) is 29.1 Å². The molecular weight excluding hydrogens is 388 g/mol. The molecule has 158 valence electrons. The van der Waals surface area contributed by atoms with Gasteiger partial charge in [0.05, 0.1) is 25.8 Å². The summed E-state index contributed by atoms with van der Waals surface area (Å²) in [6.45, 7) is 1.40. The minimum Gasteiger partial charge on any atom is -0.504 e. The number of phenols is 1. The molecule has 0 radical (unpaired) electrons. The summed E-state index contributed by atoms with van der Waals surface area (Å²) in [5.41, 5.74) is 1.80. The molecule has 0 aliphatic heterocycles. The van der Waals surface area contributed by atoms with Crippen LogP contribution < -0.4 is 25.5 Å². The third-order valence-electron chi connectivity index (χ3n) is 5.20. The molecule has 0 fully saturated rings. The van der Waals surface area contributed by atoms with Crippen molar-refractivity contribution < 1.29 is 24.2 Å². The molecular formula is C22H24N2O6. The number of ether oxygens (including phenoxy) is 2. The minimum absolute atomic E-state index is 0.0336. The third-order valence-corrected chi connectivity index (χ3v) is 5.20. The lowest BCUT2D eigenvalue weighted by Crippen LogP contribution is -2.27. The smallest absolute Gasteiger partial charge is 0.254 e. The van der Waals surface area contributed by atoms with Crippen LogP contribution in [0.25, 0.3) is 11.1 Å². The van der Waals surface area contributed by atoms with Gasteiger partial charge in [-0.3, -0.25) is 14.4 Å². The first-order valence-corrected chi connectivity index (χ1v) is 9.47. The summed E-state index contributed by atoms with van der Waals surface area (Å²) < 4.78 is 10.7. The molecule has 3 N–H and O–H groups in total. The van der Waals surface area contributed by atoms with Crippen molar-refractivity contribution >= 4 is 11.8 Å². The van der Waals surface area contributed by atoms with Gasteiger partial charge in [-0.15, -0.1) is 0 Å². The number of nitrogens with one attached hydrogen (secondary N) is 2. The standard InChI is InChI=1S/C22H24N2O6/c1-11(25)24-16-8-5-12-9-18(29-3)21(30-4)20(27)19(12)13-6-7-14(22(28)23-2)17(26)10-15(13)16/h6-7,9-10,16,27H,5,8H2,1-4H3,(H,23,28)(H,24,25). The molecule has 0 aromatic heterocycles. The van der Waals surface area contributed by atoms with Crippen LogP contribution in [0.3, 0.4) is 0 Å². The van der Waals surface area contributed by atoms with Gasteiger partial charge in [0, 0.05) is 19.5 Å². The lowest BCUT2D eigenvalue weighted by atomic mass is 9.95. The Hall–Kier alpha value is -3.55. The Balaban J connectivity index is 2.39. The highest BCUT2D eigenvalue weighted by Gasteiger charge is 2.29. The Labute approximate surface area is 173 Å². The number of aromatic hydroxyl groups is 1. The first-order chi connectivity index (χ1) is 14.3. The molecule has 2 aromatic carbocycles. The van der Waals surface area contributed by atoms with Gasteiger partial charge < -0.3 is 25.2 Å². The largest absolute Gasteiger partial charge is 0.504 e. The van der Waals surface area contributed by atoms with E-state index in [4.69, 9.17) is 9.47 Å². The highest BCUT2D eigenvalue weighted by Crippen LogP contribution is 2.49. The molecule has 30 heavy (non-hydrogen) atoms. The monoisotopic (exact) mass is 412 g/mol. The molecule has 0 spiro atoms. The Morgan fingerprint density at radius 3 is 2.50 bits per heavy atom. The van der Waals surface area contributed by atoms with E-state index in [1.807, 2.05) is 0 Å². The summed E-state index contributed by atoms with van der Waals surface area (Å²) in [6, 6.07) is 5.70. The zero-order valence-electron chi connectivity index (χ0n) is 17.3. The first kappa shape index (κ1) is 21.2. The van der Waals surface area contributed by atoms with Gasteiger partial charge in [0.15, 0.2) is 16.9 Å². The molecule has 0 saturated heterocycles. The zero-order valence-corrected chi connectivity index (χ0v) is 17.3. The van der Waals surface area contributed by atoms with Gasteiger partial charge in [0.1, 0.15) is 0 Å². The van der Waals surface area contributed by atoms with Crippen molar-refractivity contribution in [2.24, 2.45) is 0 Å². The number of carbonyl (C=O) groups excluding carboxylic acids is 2. The zero-order chi connectivity index (χ0) is 22.0. The lowest BCUT2D eigenvalue weighted by molar-refractivity contribution is -0.119. The molecule has 3 rings (SSSR count). The first-order valence-electron chi connectivity index (χ1n) is 9.47. The van der Waals surface area contributed by atoms with Gasteiger partial charge in [-0.1, -0.05) is 6.07 Å². The molecule has 0 saturated carbocycles. The summed E-state index contributed by atoms with van der Waals surface area (Å²) in [4.78, 5) is 36.7. The van der Waals surface area contributed by atoms with Crippen molar-refractivity contribution in [3.8, 4) is 28.4 Å². The Kier molecular flexibility index (Phi) is 5.96. The maximum Gasteiger partial charge on any atom is 0.254 e. The number of hydrogen-bond acceptors (Lipinski definition) is 6. The van der Waals surface area contributed by atoms with E-state index in [0.717, 1.165) is 5.56 Å². The maximum atomic E-state index is 12.8. The van der Waals surface area contributed by atoms with E-state index in [2.05, 4.69) is 10.6 Å². The molecule has 0 bridgehead atoms. The average molecular weight is 412 g/mol. The molecule has 0 heterocycles. The molecule has 1 aliphatic carbocycles. The van der Waals surface area contributed by atoms with Crippen LogP contribution in [0.4, 0.5) is 0 Å². The molecule has 1 unspecified atom stereocenters. The molecule has 1 aliphatic rings. The molecule has 2 aromatic rings. The van der Waals surface area contributed by atoms with Gasteiger partial charge in [-0.2, -0.15) is 0 Å². The van der Waals surface area contributed by atoms with Gasteiger partial charge in [0.25, 0.3) is 5.91 Å². The number of aryl methyl sites for hydroxylation is 1. The fourth-order valence-electron chi connectivity index (χ4n) is 3.86. The van der Waals surface area contributed by atoms with Crippen LogP contribution in [0.1, 0.15) is 40.9 Å². The van der Waals surface area contributed by atoms with E-state index >= 15 is 0 Å². The van der Waals surface area contributed by atoms with Crippen molar-refractivity contribution in [2.45, 2.75) is 25.8 Å². The highest BCUT2D eigenvalue weighted by atomic mass is 16.5. The SMILES string of the molecule is CNC(=O)c1ccc2c(cc1=O)C(NC(C)=O)CCc1cc(OC)c(OC)c(O)c1-2. The van der Waals surface area contributed by atoms with E-state index in [-0.39, 0.29) is 23.0 Å². The summed E-state index contributed by atoms with van der Waals surface area (Å²) in [5, 5.41) is 16.3. The van der Waals surface area contributed by atoms with Crippen LogP contribution in [0.5, 0.6) is 17.2 Å². The van der Waals surface area contributed by atoms with Gasteiger partial charge in [-0.25, -0.2) is 0 Å². The van der Waals surface area contributed by atoms with E-state index in [9.17, 15) is 19.5 Å². The van der Waals surface area contributed by atoms with Crippen LogP contribution >= 0.6 is 0 Å². The van der Waals surface area contributed by atoms with Gasteiger partial charge >= 0.3 is 0 Å². The van der Waals surface area contributed by atoms with Crippen molar-refractivity contribution in [1.82, 2.24) is 10.6 Å². The predicted molar refractivity (Wildman–Crippen MR) is 111 cm³/mol. The second-order valence-electron chi connectivity index (χ2n) is 6.99. The third kappa shape index (κ3) is 3.68. The lowest BCUT2D eigenvalue weighted by Gasteiger charge is -2.18. The highest BCUT2D eigenvalue weighted by molar-refractivity contribution is 5.94. The summed E-state index contributed by atoms with van der Waals surface area (Å²) in [7, 11) is 4.35. The maximum absolute atomic E-state index is 12.8. The summed E-state index contributed by atoms with van der Waals surface area (Å²) >= 11 is 0. The summed E-state index contributed by atoms with van der Waals surface area (Å²) in [5.74, 6) is -0.346. The number of methoxy groups -OCH3 is 2. The van der Waals surface area contributed by atoms with Gasteiger partial charge in [-0.05, 0) is 47.7 Å². The molecule has 8 heteroatoms. The molecule has 2 amide bonds. The van der Waals surface area contributed by atoms with Crippen molar-refractivity contribution in [3.63, 3.8) is 0 Å². The number of hydrogen-bond donors (Lipinski definition) is 3. The second-order valence-corrected chi connectivity index (χ2v) is 6.99. The fourth-order valence-corrected chi connectivity index (χ4v) is 3.86. The number of phenolic OH excluding ortho intramolecular Hbond substituents is 1. The van der Waals surface area contributed by atoms with Gasteiger partial charge in [0.2, 0.25) is 11.7 Å². The van der Waals surface area contributed by atoms with E-state index in [1.54, 1.807) is 12.1 Å². The summed E-state index contributed by atoms with van der Waals surface area (Å²) in [6.07, 6.45) is 1.01. The number of carbonyl (C=O) groups is 2. The normalized spacial score (nSPS) is 14.6. The number of fused-ring (bicyclic) bond motifs is 3. The topological polar surface area (TPSA) is 114 Å². The van der Waals surface area contributed by atoms with Crippen molar-refractivity contribution in [1.29, 1.82) is 0 Å². The van der Waals surface area contributed by atoms with E-state index < -0.39 is 17.4 Å². The fraction of sp³-hybridized carbons (Fsp3) is 0.318. The Bertz CT molecular complexity index is 1080. The number of amides is 2. The quantitative estimate of drug-likeness (QED) is 0.707. The second kappa shape index (κ2) is 8.44. The van der Waals surface area contributed by atoms with Crippen LogP contribution in [-0.2, 0) is 11.2 Å². The van der Waals surface area contributed by atoms with E-state index in [0.29, 0.717) is 35.3 Å².